The number of ketones is 1. The molecule has 90 valence electrons. The Morgan fingerprint density at radius 3 is 2.71 bits per heavy atom. The second kappa shape index (κ2) is 3.41. The molecule has 0 amide bonds. The van der Waals surface area contributed by atoms with E-state index in [9.17, 15) is 9.18 Å². The van der Waals surface area contributed by atoms with Crippen LogP contribution in [-0.2, 0) is 11.2 Å². The molecule has 3 rings (SSSR count). The van der Waals surface area contributed by atoms with Gasteiger partial charge in [-0.05, 0) is 42.5 Å². The van der Waals surface area contributed by atoms with Gasteiger partial charge in [-0.25, -0.2) is 4.39 Å². The Bertz CT molecular complexity index is 488. The number of Topliss-reactive ketones (excluding diaryl/α,β-unsaturated/α-hetero) is 1. The van der Waals surface area contributed by atoms with E-state index >= 15 is 0 Å². The van der Waals surface area contributed by atoms with Gasteiger partial charge in [0.05, 0.1) is 0 Å². The lowest BCUT2D eigenvalue weighted by Gasteiger charge is -2.50. The van der Waals surface area contributed by atoms with Crippen molar-refractivity contribution < 1.29 is 9.18 Å². The van der Waals surface area contributed by atoms with Crippen molar-refractivity contribution in [2.75, 3.05) is 0 Å². The van der Waals surface area contributed by atoms with E-state index in [1.807, 2.05) is 6.07 Å². The summed E-state index contributed by atoms with van der Waals surface area (Å²) in [5.74, 6) is 0.701. The molecule has 2 heteroatoms. The highest BCUT2D eigenvalue weighted by molar-refractivity contribution is 5.97. The third kappa shape index (κ3) is 1.16. The molecule has 1 saturated carbocycles. The number of benzene rings is 1. The Labute approximate surface area is 101 Å². The zero-order valence-corrected chi connectivity index (χ0v) is 10.3. The summed E-state index contributed by atoms with van der Waals surface area (Å²) in [4.78, 5) is 12.3. The van der Waals surface area contributed by atoms with E-state index in [4.69, 9.17) is 0 Å². The molecule has 17 heavy (non-hydrogen) atoms. The van der Waals surface area contributed by atoms with Gasteiger partial charge in [0.2, 0.25) is 0 Å². The highest BCUT2D eigenvalue weighted by Gasteiger charge is 2.62. The number of halogens is 1. The van der Waals surface area contributed by atoms with E-state index in [0.29, 0.717) is 11.7 Å². The minimum Gasteiger partial charge on any atom is -0.299 e. The van der Waals surface area contributed by atoms with Crippen LogP contribution < -0.4 is 0 Å². The summed E-state index contributed by atoms with van der Waals surface area (Å²) in [6, 6.07) is 5.03. The lowest BCUT2D eigenvalue weighted by molar-refractivity contribution is -0.149. The molecular weight excluding hydrogens is 215 g/mol. The van der Waals surface area contributed by atoms with Crippen LogP contribution in [0.5, 0.6) is 0 Å². The third-order valence-corrected chi connectivity index (χ3v) is 4.97. The van der Waals surface area contributed by atoms with Crippen LogP contribution in [0.25, 0.3) is 0 Å². The molecule has 0 saturated heterocycles. The quantitative estimate of drug-likeness (QED) is 0.763. The maximum Gasteiger partial charge on any atom is 0.143 e. The zero-order valence-electron chi connectivity index (χ0n) is 10.3. The van der Waals surface area contributed by atoms with Crippen molar-refractivity contribution in [3.05, 3.63) is 35.1 Å². The normalized spacial score (nSPS) is 28.5. The van der Waals surface area contributed by atoms with E-state index < -0.39 is 0 Å². The Balaban J connectivity index is 2.08. The number of rotatable bonds is 2. The van der Waals surface area contributed by atoms with Crippen LogP contribution in [0, 0.1) is 17.2 Å². The van der Waals surface area contributed by atoms with E-state index in [2.05, 4.69) is 13.8 Å². The van der Waals surface area contributed by atoms with Gasteiger partial charge < -0.3 is 0 Å². The molecule has 1 fully saturated rings. The van der Waals surface area contributed by atoms with Gasteiger partial charge in [0.15, 0.2) is 0 Å². The van der Waals surface area contributed by atoms with Gasteiger partial charge in [0, 0.05) is 17.3 Å². The molecule has 0 heterocycles. The fourth-order valence-corrected chi connectivity index (χ4v) is 4.02. The van der Waals surface area contributed by atoms with Crippen molar-refractivity contribution in [3.8, 4) is 0 Å². The van der Waals surface area contributed by atoms with Crippen LogP contribution in [0.2, 0.25) is 0 Å². The second-order valence-electron chi connectivity index (χ2n) is 5.36. The van der Waals surface area contributed by atoms with Gasteiger partial charge >= 0.3 is 0 Å². The topological polar surface area (TPSA) is 17.1 Å². The molecule has 0 bridgehead atoms. The van der Waals surface area contributed by atoms with E-state index in [1.54, 1.807) is 6.07 Å². The standard InChI is InChI=1S/C15H17FO/c1-3-15(4-2)13-11-6-5-10(16)7-9(11)8-12(13)14(15)17/h5-7,12-13H,3-4,8H2,1-2H3. The predicted molar refractivity (Wildman–Crippen MR) is 64.4 cm³/mol. The molecule has 2 unspecified atom stereocenters. The molecular formula is C15H17FO. The average molecular weight is 232 g/mol. The molecule has 1 nitrogen and oxygen atoms in total. The zero-order chi connectivity index (χ0) is 12.2. The molecule has 2 aliphatic rings. The number of hydrogen-bond acceptors (Lipinski definition) is 1. The summed E-state index contributed by atoms with van der Waals surface area (Å²) in [5.41, 5.74) is 2.12. The predicted octanol–water partition coefficient (Wildman–Crippen LogP) is 3.47. The van der Waals surface area contributed by atoms with Crippen molar-refractivity contribution in [2.24, 2.45) is 11.3 Å². The highest BCUT2D eigenvalue weighted by atomic mass is 19.1. The first-order chi connectivity index (χ1) is 8.14. The molecule has 0 aromatic heterocycles. The molecule has 0 N–H and O–H groups in total. The van der Waals surface area contributed by atoms with Crippen LogP contribution in [0.15, 0.2) is 18.2 Å². The lowest BCUT2D eigenvalue weighted by Crippen LogP contribution is -2.53. The number of hydrogen-bond donors (Lipinski definition) is 0. The second-order valence-corrected chi connectivity index (χ2v) is 5.36. The summed E-state index contributed by atoms with van der Waals surface area (Å²) >= 11 is 0. The summed E-state index contributed by atoms with van der Waals surface area (Å²) in [6.07, 6.45) is 2.55. The van der Waals surface area contributed by atoms with Crippen LogP contribution in [0.4, 0.5) is 4.39 Å². The maximum absolute atomic E-state index is 13.2. The highest BCUT2D eigenvalue weighted by Crippen LogP contribution is 2.62. The SMILES string of the molecule is CCC1(CC)C(=O)C2Cc3cc(F)ccc3C21. The molecule has 2 atom stereocenters. The fraction of sp³-hybridized carbons (Fsp3) is 0.533. The minimum atomic E-state index is -0.184. The first-order valence-electron chi connectivity index (χ1n) is 6.46. The van der Waals surface area contributed by atoms with Gasteiger partial charge in [-0.1, -0.05) is 19.9 Å². The monoisotopic (exact) mass is 232 g/mol. The number of carbonyl (C=O) groups excluding carboxylic acids is 1. The van der Waals surface area contributed by atoms with E-state index in [0.717, 1.165) is 24.8 Å². The van der Waals surface area contributed by atoms with Crippen LogP contribution in [-0.4, -0.2) is 5.78 Å². The first kappa shape index (κ1) is 10.9. The summed E-state index contributed by atoms with van der Waals surface area (Å²) in [7, 11) is 0. The van der Waals surface area contributed by atoms with E-state index in [-0.39, 0.29) is 17.2 Å². The maximum atomic E-state index is 13.2. The van der Waals surface area contributed by atoms with Crippen LogP contribution in [0.1, 0.15) is 43.7 Å². The summed E-state index contributed by atoms with van der Waals surface area (Å²) < 4.78 is 13.2. The third-order valence-electron chi connectivity index (χ3n) is 4.97. The molecule has 2 aliphatic carbocycles. The molecule has 0 spiro atoms. The smallest absolute Gasteiger partial charge is 0.143 e. The van der Waals surface area contributed by atoms with Gasteiger partial charge in [-0.3, -0.25) is 4.79 Å². The van der Waals surface area contributed by atoms with Crippen molar-refractivity contribution in [2.45, 2.75) is 39.0 Å². The van der Waals surface area contributed by atoms with Gasteiger partial charge in [-0.15, -0.1) is 0 Å². The minimum absolute atomic E-state index is 0.131. The average Bonchev–Trinajstić information content (AvgIpc) is 2.67. The first-order valence-corrected chi connectivity index (χ1v) is 6.46. The van der Waals surface area contributed by atoms with Crippen molar-refractivity contribution >= 4 is 5.78 Å². The Morgan fingerprint density at radius 2 is 2.06 bits per heavy atom. The molecule has 0 radical (unpaired) electrons. The fourth-order valence-electron chi connectivity index (χ4n) is 4.02. The Morgan fingerprint density at radius 1 is 1.35 bits per heavy atom. The van der Waals surface area contributed by atoms with Crippen LogP contribution >= 0.6 is 0 Å². The summed E-state index contributed by atoms with van der Waals surface area (Å²) in [5, 5.41) is 0. The van der Waals surface area contributed by atoms with Crippen molar-refractivity contribution in [3.63, 3.8) is 0 Å². The molecule has 1 aromatic rings. The van der Waals surface area contributed by atoms with Gasteiger partial charge in [-0.2, -0.15) is 0 Å². The van der Waals surface area contributed by atoms with E-state index in [1.165, 1.54) is 11.6 Å². The lowest BCUT2D eigenvalue weighted by atomic mass is 9.50. The number of carbonyl (C=O) groups is 1. The Hall–Kier alpha value is -1.18. The molecule has 1 aromatic carbocycles. The largest absolute Gasteiger partial charge is 0.299 e. The van der Waals surface area contributed by atoms with Gasteiger partial charge in [0.1, 0.15) is 11.6 Å². The van der Waals surface area contributed by atoms with Crippen LogP contribution in [0.3, 0.4) is 0 Å². The Kier molecular flexibility index (Phi) is 2.19. The number of fused-ring (bicyclic) bond motifs is 3. The van der Waals surface area contributed by atoms with Crippen molar-refractivity contribution in [1.82, 2.24) is 0 Å². The van der Waals surface area contributed by atoms with Crippen molar-refractivity contribution in [1.29, 1.82) is 0 Å². The van der Waals surface area contributed by atoms with Gasteiger partial charge in [0.25, 0.3) is 0 Å². The summed E-state index contributed by atoms with van der Waals surface area (Å²) in [6.45, 7) is 4.19. The molecule has 0 aliphatic heterocycles.